The van der Waals surface area contributed by atoms with Crippen LogP contribution in [0.1, 0.15) is 34.8 Å². The molecule has 3 heterocycles. The summed E-state index contributed by atoms with van der Waals surface area (Å²) in [6.45, 7) is 0.527. The Kier molecular flexibility index (Phi) is 4.48. The number of hydrogen-bond donors (Lipinski definition) is 2. The van der Waals surface area contributed by atoms with Crippen LogP contribution < -0.4 is 11.1 Å². The summed E-state index contributed by atoms with van der Waals surface area (Å²) in [7, 11) is 0. The predicted molar refractivity (Wildman–Crippen MR) is 97.7 cm³/mol. The lowest BCUT2D eigenvalue weighted by Crippen LogP contribution is -2.42. The first-order chi connectivity index (χ1) is 13.1. The molecule has 10 heteroatoms. The minimum absolute atomic E-state index is 0.123. The Bertz CT molecular complexity index is 971. The lowest BCUT2D eigenvalue weighted by atomic mass is 9.66. The SMILES string of the molecule is NC(=O)c1nnc(-c2ccc(NCC3(c4ncccc4F)CCC3)nn2)s1. The van der Waals surface area contributed by atoms with Crippen molar-refractivity contribution in [3.05, 3.63) is 47.0 Å². The smallest absolute Gasteiger partial charge is 0.279 e. The average Bonchev–Trinajstić information content (AvgIpc) is 3.13. The summed E-state index contributed by atoms with van der Waals surface area (Å²) in [6, 6.07) is 6.53. The summed E-state index contributed by atoms with van der Waals surface area (Å²) in [5, 5.41) is 19.7. The van der Waals surface area contributed by atoms with Gasteiger partial charge in [-0.3, -0.25) is 9.78 Å². The highest BCUT2D eigenvalue weighted by atomic mass is 32.1. The number of aromatic nitrogens is 5. The van der Waals surface area contributed by atoms with Crippen molar-refractivity contribution in [2.24, 2.45) is 5.73 Å². The molecule has 0 unspecified atom stereocenters. The van der Waals surface area contributed by atoms with Gasteiger partial charge in [-0.25, -0.2) is 4.39 Å². The normalized spacial score (nSPS) is 15.1. The Morgan fingerprint density at radius 1 is 1.22 bits per heavy atom. The monoisotopic (exact) mass is 385 g/mol. The van der Waals surface area contributed by atoms with Crippen molar-refractivity contribution in [2.45, 2.75) is 24.7 Å². The Morgan fingerprint density at radius 3 is 2.67 bits per heavy atom. The molecule has 3 N–H and O–H groups in total. The fourth-order valence-electron chi connectivity index (χ4n) is 3.10. The lowest BCUT2D eigenvalue weighted by Gasteiger charge is -2.41. The van der Waals surface area contributed by atoms with E-state index in [-0.39, 0.29) is 16.2 Å². The number of carbonyl (C=O) groups excluding carboxylic acids is 1. The van der Waals surface area contributed by atoms with Crippen molar-refractivity contribution in [1.29, 1.82) is 0 Å². The molecule has 138 valence electrons. The zero-order valence-electron chi connectivity index (χ0n) is 14.2. The average molecular weight is 385 g/mol. The minimum Gasteiger partial charge on any atom is -0.368 e. The molecule has 1 aliphatic carbocycles. The molecule has 1 saturated carbocycles. The molecule has 1 amide bonds. The largest absolute Gasteiger partial charge is 0.368 e. The molecular formula is C17H16FN7OS. The summed E-state index contributed by atoms with van der Waals surface area (Å²) >= 11 is 1.06. The molecule has 0 saturated heterocycles. The van der Waals surface area contributed by atoms with Crippen LogP contribution in [0.4, 0.5) is 10.2 Å². The maximum absolute atomic E-state index is 14.2. The number of halogens is 1. The summed E-state index contributed by atoms with van der Waals surface area (Å²) in [4.78, 5) is 15.4. The fraction of sp³-hybridized carbons (Fsp3) is 0.294. The van der Waals surface area contributed by atoms with Crippen LogP contribution in [0.2, 0.25) is 0 Å². The van der Waals surface area contributed by atoms with E-state index in [0.29, 0.717) is 28.8 Å². The molecule has 0 bridgehead atoms. The van der Waals surface area contributed by atoms with Gasteiger partial charge in [-0.2, -0.15) is 0 Å². The summed E-state index contributed by atoms with van der Waals surface area (Å²) in [5.41, 5.74) is 5.86. The van der Waals surface area contributed by atoms with E-state index in [0.717, 1.165) is 30.6 Å². The molecule has 0 aliphatic heterocycles. The molecule has 0 aromatic carbocycles. The molecule has 1 fully saturated rings. The van der Waals surface area contributed by atoms with E-state index in [1.54, 1.807) is 24.4 Å². The van der Waals surface area contributed by atoms with Crippen molar-refractivity contribution in [3.63, 3.8) is 0 Å². The van der Waals surface area contributed by atoms with Gasteiger partial charge < -0.3 is 11.1 Å². The third-order valence-electron chi connectivity index (χ3n) is 4.70. The number of rotatable bonds is 6. The maximum Gasteiger partial charge on any atom is 0.279 e. The Labute approximate surface area is 158 Å². The van der Waals surface area contributed by atoms with Crippen molar-refractivity contribution >= 4 is 23.1 Å². The molecule has 3 aromatic heterocycles. The van der Waals surface area contributed by atoms with E-state index in [1.807, 2.05) is 0 Å². The van der Waals surface area contributed by atoms with Gasteiger partial charge in [0.25, 0.3) is 5.91 Å². The van der Waals surface area contributed by atoms with Gasteiger partial charge in [-0.1, -0.05) is 17.8 Å². The van der Waals surface area contributed by atoms with Crippen LogP contribution in [0.25, 0.3) is 10.7 Å². The van der Waals surface area contributed by atoms with Gasteiger partial charge in [-0.15, -0.1) is 20.4 Å². The first-order valence-corrected chi connectivity index (χ1v) is 9.21. The molecule has 4 rings (SSSR count). The molecule has 8 nitrogen and oxygen atoms in total. The zero-order chi connectivity index (χ0) is 18.9. The van der Waals surface area contributed by atoms with Crippen LogP contribution in [0.3, 0.4) is 0 Å². The van der Waals surface area contributed by atoms with Gasteiger partial charge in [0.05, 0.1) is 5.69 Å². The second kappa shape index (κ2) is 6.95. The van der Waals surface area contributed by atoms with Gasteiger partial charge in [0.1, 0.15) is 17.3 Å². The quantitative estimate of drug-likeness (QED) is 0.667. The first-order valence-electron chi connectivity index (χ1n) is 8.40. The van der Waals surface area contributed by atoms with Crippen LogP contribution in [0, 0.1) is 5.82 Å². The van der Waals surface area contributed by atoms with E-state index in [1.165, 1.54) is 6.07 Å². The number of primary amides is 1. The first kappa shape index (κ1) is 17.4. The highest BCUT2D eigenvalue weighted by molar-refractivity contribution is 7.16. The number of nitrogens with one attached hydrogen (secondary N) is 1. The highest BCUT2D eigenvalue weighted by Crippen LogP contribution is 2.43. The number of pyridine rings is 1. The van der Waals surface area contributed by atoms with Gasteiger partial charge in [-0.05, 0) is 37.1 Å². The number of nitrogens with zero attached hydrogens (tertiary/aromatic N) is 5. The Balaban J connectivity index is 1.47. The second-order valence-corrected chi connectivity index (χ2v) is 7.38. The predicted octanol–water partition coefficient (Wildman–Crippen LogP) is 2.16. The van der Waals surface area contributed by atoms with Gasteiger partial charge >= 0.3 is 0 Å². The van der Waals surface area contributed by atoms with Crippen LogP contribution in [0.15, 0.2) is 30.5 Å². The van der Waals surface area contributed by atoms with Gasteiger partial charge in [0, 0.05) is 18.2 Å². The molecular weight excluding hydrogens is 369 g/mol. The number of carbonyl (C=O) groups is 1. The third kappa shape index (κ3) is 3.35. The third-order valence-corrected chi connectivity index (χ3v) is 5.66. The molecule has 27 heavy (non-hydrogen) atoms. The highest BCUT2D eigenvalue weighted by Gasteiger charge is 2.41. The standard InChI is InChI=1S/C17H16FN7OS/c18-10-3-1-8-20-13(10)17(6-2-7-17)9-21-12-5-4-11(22-23-12)15-24-25-16(27-15)14(19)26/h1,3-5,8H,2,6-7,9H2,(H2,19,26)(H,21,23). The fourth-order valence-corrected chi connectivity index (χ4v) is 3.76. The second-order valence-electron chi connectivity index (χ2n) is 6.40. The summed E-state index contributed by atoms with van der Waals surface area (Å²) in [6.07, 6.45) is 4.41. The molecule has 0 atom stereocenters. The van der Waals surface area contributed by atoms with Gasteiger partial charge in [0.2, 0.25) is 5.01 Å². The Hall–Kier alpha value is -3.01. The lowest BCUT2D eigenvalue weighted by molar-refractivity contribution is 0.0999. The van der Waals surface area contributed by atoms with Crippen LogP contribution in [-0.4, -0.2) is 37.8 Å². The zero-order valence-corrected chi connectivity index (χ0v) is 15.0. The summed E-state index contributed by atoms with van der Waals surface area (Å²) < 4.78 is 14.2. The van der Waals surface area contributed by atoms with E-state index in [9.17, 15) is 9.18 Å². The topological polar surface area (TPSA) is 120 Å². The molecule has 3 aromatic rings. The number of nitrogens with two attached hydrogens (primary N) is 1. The van der Waals surface area contributed by atoms with Crippen molar-refractivity contribution in [1.82, 2.24) is 25.4 Å². The van der Waals surface area contributed by atoms with Crippen LogP contribution in [-0.2, 0) is 5.41 Å². The van der Waals surface area contributed by atoms with Crippen LogP contribution >= 0.6 is 11.3 Å². The van der Waals surface area contributed by atoms with Crippen molar-refractivity contribution in [2.75, 3.05) is 11.9 Å². The number of hydrogen-bond acceptors (Lipinski definition) is 8. The Morgan fingerprint density at radius 2 is 2.07 bits per heavy atom. The van der Waals surface area contributed by atoms with E-state index in [2.05, 4.69) is 30.7 Å². The maximum atomic E-state index is 14.2. The van der Waals surface area contributed by atoms with E-state index in [4.69, 9.17) is 5.73 Å². The van der Waals surface area contributed by atoms with Gasteiger partial charge in [0.15, 0.2) is 5.01 Å². The van der Waals surface area contributed by atoms with Crippen molar-refractivity contribution < 1.29 is 9.18 Å². The number of amides is 1. The minimum atomic E-state index is -0.627. The van der Waals surface area contributed by atoms with E-state index < -0.39 is 5.91 Å². The number of anilines is 1. The van der Waals surface area contributed by atoms with Crippen LogP contribution in [0.5, 0.6) is 0 Å². The molecule has 1 aliphatic rings. The van der Waals surface area contributed by atoms with Crippen molar-refractivity contribution in [3.8, 4) is 10.7 Å². The summed E-state index contributed by atoms with van der Waals surface area (Å²) in [5.74, 6) is -0.333. The van der Waals surface area contributed by atoms with E-state index >= 15 is 0 Å². The molecule has 0 spiro atoms. The molecule has 0 radical (unpaired) electrons.